The summed E-state index contributed by atoms with van der Waals surface area (Å²) in [5.41, 5.74) is -1.24. The van der Waals surface area contributed by atoms with Gasteiger partial charge in [0.2, 0.25) is 0 Å². The van der Waals surface area contributed by atoms with Crippen molar-refractivity contribution in [3.05, 3.63) is 23.6 Å². The highest BCUT2D eigenvalue weighted by Gasteiger charge is 2.22. The molecule has 0 bridgehead atoms. The van der Waals surface area contributed by atoms with Crippen molar-refractivity contribution in [2.75, 3.05) is 6.26 Å². The van der Waals surface area contributed by atoms with Crippen LogP contribution in [0, 0.1) is 0 Å². The highest BCUT2D eigenvalue weighted by molar-refractivity contribution is 7.87. The molecular weight excluding hydrogens is 330 g/mol. The normalized spacial score (nSPS) is 15.3. The van der Waals surface area contributed by atoms with E-state index >= 15 is 0 Å². The lowest BCUT2D eigenvalue weighted by Crippen LogP contribution is -2.40. The zero-order valence-corrected chi connectivity index (χ0v) is 16.4. The van der Waals surface area contributed by atoms with Gasteiger partial charge in [-0.3, -0.25) is 9.00 Å². The zero-order valence-electron chi connectivity index (χ0n) is 15.5. The predicted octanol–water partition coefficient (Wildman–Crippen LogP) is 3.06. The summed E-state index contributed by atoms with van der Waals surface area (Å²) in [4.78, 5) is 23.9. The molecule has 0 saturated heterocycles. The maximum atomic E-state index is 12.0. The van der Waals surface area contributed by atoms with Gasteiger partial charge in [0.25, 0.3) is 0 Å². The Morgan fingerprint density at radius 1 is 1.04 bits per heavy atom. The average molecular weight is 359 g/mol. The predicted molar refractivity (Wildman–Crippen MR) is 96.0 cm³/mol. The number of carbonyl (C=O) groups is 2. The van der Waals surface area contributed by atoms with Gasteiger partial charge in [0.05, 0.1) is 12.5 Å². The van der Waals surface area contributed by atoms with Crippen LogP contribution in [0.25, 0.3) is 0 Å². The van der Waals surface area contributed by atoms with E-state index in [2.05, 4.69) is 5.32 Å². The monoisotopic (exact) mass is 359 g/mol. The molecular formula is C17H29NO5S. The first-order valence-electron chi connectivity index (χ1n) is 7.67. The molecule has 0 saturated carbocycles. The van der Waals surface area contributed by atoms with Crippen LogP contribution in [-0.4, -0.2) is 39.8 Å². The van der Waals surface area contributed by atoms with E-state index in [-0.39, 0.29) is 6.42 Å². The summed E-state index contributed by atoms with van der Waals surface area (Å²) < 4.78 is 21.4. The fraction of sp³-hybridized carbons (Fsp3) is 0.647. The third-order valence-corrected chi connectivity index (χ3v) is 2.77. The SMILES string of the molecule is CS(=O)/C=C/C=C/C(CC(=O)OC(C)(C)C)NC(=O)OC(C)(C)C. The van der Waals surface area contributed by atoms with E-state index in [1.54, 1.807) is 66.0 Å². The minimum atomic E-state index is -1.06. The summed E-state index contributed by atoms with van der Waals surface area (Å²) in [6.07, 6.45) is 5.72. The van der Waals surface area contributed by atoms with Gasteiger partial charge in [0, 0.05) is 22.5 Å². The Hall–Kier alpha value is -1.63. The van der Waals surface area contributed by atoms with Crippen LogP contribution in [0.15, 0.2) is 23.6 Å². The lowest BCUT2D eigenvalue weighted by molar-refractivity contribution is -0.155. The Balaban J connectivity index is 4.91. The first-order chi connectivity index (χ1) is 10.8. The summed E-state index contributed by atoms with van der Waals surface area (Å²) >= 11 is 0. The molecule has 0 aliphatic rings. The molecule has 7 heteroatoms. The van der Waals surface area contributed by atoms with E-state index in [1.807, 2.05) is 0 Å². The van der Waals surface area contributed by atoms with E-state index in [9.17, 15) is 13.8 Å². The van der Waals surface area contributed by atoms with Gasteiger partial charge >= 0.3 is 12.1 Å². The third kappa shape index (κ3) is 14.0. The maximum Gasteiger partial charge on any atom is 0.408 e. The van der Waals surface area contributed by atoms with Crippen molar-refractivity contribution in [1.82, 2.24) is 5.32 Å². The number of hydrogen-bond acceptors (Lipinski definition) is 5. The van der Waals surface area contributed by atoms with Crippen LogP contribution < -0.4 is 5.32 Å². The summed E-state index contributed by atoms with van der Waals surface area (Å²) in [6, 6.07) is -0.593. The van der Waals surface area contributed by atoms with Crippen molar-refractivity contribution < 1.29 is 23.3 Å². The molecule has 2 atom stereocenters. The van der Waals surface area contributed by atoms with Crippen LogP contribution in [-0.2, 0) is 25.1 Å². The largest absolute Gasteiger partial charge is 0.460 e. The molecule has 0 heterocycles. The number of allylic oxidation sites excluding steroid dienone is 2. The number of rotatable bonds is 6. The standard InChI is InChI=1S/C17H29NO5S/c1-16(2,3)22-14(19)12-13(10-8-9-11-24(7)21)18-15(20)23-17(4,5)6/h8-11,13H,12H2,1-7H3,(H,18,20)/b10-8+,11-9+. The Morgan fingerprint density at radius 3 is 2.04 bits per heavy atom. The molecule has 0 aliphatic heterocycles. The number of carbonyl (C=O) groups excluding carboxylic acids is 2. The van der Waals surface area contributed by atoms with Crippen molar-refractivity contribution in [3.8, 4) is 0 Å². The van der Waals surface area contributed by atoms with Gasteiger partial charge in [0.15, 0.2) is 0 Å². The second-order valence-electron chi connectivity index (χ2n) is 7.26. The number of esters is 1. The number of amides is 1. The second kappa shape index (κ2) is 9.61. The van der Waals surface area contributed by atoms with Gasteiger partial charge in [-0.15, -0.1) is 0 Å². The molecule has 0 aromatic carbocycles. The van der Waals surface area contributed by atoms with Crippen LogP contribution in [0.4, 0.5) is 4.79 Å². The smallest absolute Gasteiger partial charge is 0.408 e. The molecule has 0 aromatic rings. The van der Waals surface area contributed by atoms with Crippen LogP contribution in [0.5, 0.6) is 0 Å². The van der Waals surface area contributed by atoms with Crippen LogP contribution in [0.3, 0.4) is 0 Å². The molecule has 0 aromatic heterocycles. The van der Waals surface area contributed by atoms with Crippen molar-refractivity contribution in [2.45, 2.75) is 65.2 Å². The molecule has 0 aliphatic carbocycles. The van der Waals surface area contributed by atoms with Crippen LogP contribution >= 0.6 is 0 Å². The number of ether oxygens (including phenoxy) is 2. The van der Waals surface area contributed by atoms with Crippen molar-refractivity contribution in [3.63, 3.8) is 0 Å². The maximum absolute atomic E-state index is 12.0. The first-order valence-corrected chi connectivity index (χ1v) is 9.29. The van der Waals surface area contributed by atoms with Crippen LogP contribution in [0.2, 0.25) is 0 Å². The minimum Gasteiger partial charge on any atom is -0.460 e. The van der Waals surface area contributed by atoms with Gasteiger partial charge in [-0.2, -0.15) is 0 Å². The molecule has 0 spiro atoms. The molecule has 0 rings (SSSR count). The highest BCUT2D eigenvalue weighted by atomic mass is 32.2. The summed E-state index contributed by atoms with van der Waals surface area (Å²) in [5.74, 6) is -0.434. The fourth-order valence-electron chi connectivity index (χ4n) is 1.54. The number of alkyl carbamates (subject to hydrolysis) is 1. The molecule has 1 N–H and O–H groups in total. The van der Waals surface area contributed by atoms with Crippen molar-refractivity contribution in [2.24, 2.45) is 0 Å². The average Bonchev–Trinajstić information content (AvgIpc) is 2.28. The van der Waals surface area contributed by atoms with E-state index in [0.717, 1.165) is 0 Å². The van der Waals surface area contributed by atoms with Gasteiger partial charge in [-0.05, 0) is 41.5 Å². The summed E-state index contributed by atoms with van der Waals surface area (Å²) in [7, 11) is -1.06. The molecule has 0 radical (unpaired) electrons. The minimum absolute atomic E-state index is 0.0317. The van der Waals surface area contributed by atoms with Gasteiger partial charge < -0.3 is 14.8 Å². The molecule has 2 unspecified atom stereocenters. The Labute approximate surface area is 147 Å². The molecule has 6 nitrogen and oxygen atoms in total. The highest BCUT2D eigenvalue weighted by Crippen LogP contribution is 2.11. The van der Waals surface area contributed by atoms with E-state index in [1.165, 1.54) is 5.41 Å². The number of nitrogens with one attached hydrogen (secondary N) is 1. The molecule has 138 valence electrons. The van der Waals surface area contributed by atoms with Crippen LogP contribution in [0.1, 0.15) is 48.0 Å². The topological polar surface area (TPSA) is 81.7 Å². The van der Waals surface area contributed by atoms with Crippen molar-refractivity contribution in [1.29, 1.82) is 0 Å². The molecule has 24 heavy (non-hydrogen) atoms. The first kappa shape index (κ1) is 22.4. The lowest BCUT2D eigenvalue weighted by Gasteiger charge is -2.23. The third-order valence-electron chi connectivity index (χ3n) is 2.23. The van der Waals surface area contributed by atoms with Gasteiger partial charge in [-0.25, -0.2) is 4.79 Å². The van der Waals surface area contributed by atoms with E-state index < -0.39 is 40.1 Å². The fourth-order valence-corrected chi connectivity index (χ4v) is 1.86. The lowest BCUT2D eigenvalue weighted by atomic mass is 10.1. The van der Waals surface area contributed by atoms with Crippen molar-refractivity contribution >= 4 is 22.9 Å². The van der Waals surface area contributed by atoms with E-state index in [0.29, 0.717) is 0 Å². The quantitative estimate of drug-likeness (QED) is 0.582. The molecule has 0 fully saturated rings. The Bertz CT molecular complexity index is 482. The number of hydrogen-bond donors (Lipinski definition) is 1. The Kier molecular flexibility index (Phi) is 8.96. The van der Waals surface area contributed by atoms with Gasteiger partial charge in [-0.1, -0.05) is 18.2 Å². The summed E-state index contributed by atoms with van der Waals surface area (Å²) in [5, 5.41) is 4.11. The van der Waals surface area contributed by atoms with E-state index in [4.69, 9.17) is 9.47 Å². The van der Waals surface area contributed by atoms with Gasteiger partial charge in [0.1, 0.15) is 11.2 Å². The molecule has 1 amide bonds. The zero-order chi connectivity index (χ0) is 19.0. The summed E-state index contributed by atoms with van der Waals surface area (Å²) in [6.45, 7) is 10.6. The second-order valence-corrected chi connectivity index (χ2v) is 8.52. The Morgan fingerprint density at radius 2 is 1.58 bits per heavy atom.